The molecule has 1 amide bonds. The zero-order chi connectivity index (χ0) is 19.8. The Labute approximate surface area is 195 Å². The molecular formula is C21H33IN4O2S. The van der Waals surface area contributed by atoms with Gasteiger partial charge in [0.05, 0.1) is 0 Å². The standard InChI is InChI=1S/C21H32N4O2S.HI/c1-3-19-14-25(12-13-28-19)21(22-2)23-11-10-16-4-8-18(9-5-16)27-15-20(26)24-17-6-7-17;/h4-5,8-9,17,19H,3,6-7,10-15H2,1-2H3,(H,22,23)(H,24,26);1H. The maximum absolute atomic E-state index is 11.7. The molecule has 0 spiro atoms. The predicted octanol–water partition coefficient (Wildman–Crippen LogP) is 2.91. The van der Waals surface area contributed by atoms with Crippen molar-refractivity contribution >= 4 is 47.6 Å². The molecule has 3 rings (SSSR count). The van der Waals surface area contributed by atoms with E-state index in [4.69, 9.17) is 4.74 Å². The van der Waals surface area contributed by atoms with Gasteiger partial charge in [0.2, 0.25) is 0 Å². The van der Waals surface area contributed by atoms with Crippen LogP contribution in [0, 0.1) is 0 Å². The summed E-state index contributed by atoms with van der Waals surface area (Å²) in [5, 5.41) is 7.12. The molecule has 2 fully saturated rings. The van der Waals surface area contributed by atoms with Crippen molar-refractivity contribution in [2.75, 3.05) is 39.0 Å². The zero-order valence-corrected chi connectivity index (χ0v) is 20.5. The highest BCUT2D eigenvalue weighted by atomic mass is 127. The van der Waals surface area contributed by atoms with Gasteiger partial charge in [0, 0.05) is 43.7 Å². The second-order valence-corrected chi connectivity index (χ2v) is 8.75. The molecule has 1 heterocycles. The van der Waals surface area contributed by atoms with Crippen LogP contribution in [0.5, 0.6) is 5.75 Å². The number of hydrogen-bond acceptors (Lipinski definition) is 4. The largest absolute Gasteiger partial charge is 0.484 e. The van der Waals surface area contributed by atoms with Gasteiger partial charge in [0.25, 0.3) is 5.91 Å². The average Bonchev–Trinajstić information content (AvgIpc) is 3.54. The maximum Gasteiger partial charge on any atom is 0.258 e. The third-order valence-electron chi connectivity index (χ3n) is 5.04. The number of guanidine groups is 1. The number of thioether (sulfide) groups is 1. The Balaban J connectivity index is 0.00000300. The van der Waals surface area contributed by atoms with Crippen molar-refractivity contribution in [1.29, 1.82) is 0 Å². The molecule has 2 N–H and O–H groups in total. The normalized spacial score (nSPS) is 19.3. The van der Waals surface area contributed by atoms with Gasteiger partial charge in [-0.3, -0.25) is 9.79 Å². The van der Waals surface area contributed by atoms with Crippen molar-refractivity contribution < 1.29 is 9.53 Å². The van der Waals surface area contributed by atoms with Crippen LogP contribution in [0.4, 0.5) is 0 Å². The van der Waals surface area contributed by atoms with E-state index in [0.29, 0.717) is 11.3 Å². The fourth-order valence-corrected chi connectivity index (χ4v) is 4.39. The van der Waals surface area contributed by atoms with Crippen molar-refractivity contribution in [2.24, 2.45) is 4.99 Å². The minimum atomic E-state index is -0.0383. The summed E-state index contributed by atoms with van der Waals surface area (Å²) in [7, 11) is 1.86. The SMILES string of the molecule is CCC1CN(C(=NC)NCCc2ccc(OCC(=O)NC3CC3)cc2)CCS1.I. The summed E-state index contributed by atoms with van der Waals surface area (Å²) >= 11 is 2.07. The molecule has 1 aliphatic carbocycles. The van der Waals surface area contributed by atoms with Gasteiger partial charge in [0.1, 0.15) is 5.75 Å². The van der Waals surface area contributed by atoms with Crippen LogP contribution in [0.3, 0.4) is 0 Å². The highest BCUT2D eigenvalue weighted by molar-refractivity contribution is 14.0. The molecule has 0 bridgehead atoms. The van der Waals surface area contributed by atoms with Gasteiger partial charge in [-0.2, -0.15) is 11.8 Å². The lowest BCUT2D eigenvalue weighted by Crippen LogP contribution is -2.48. The van der Waals surface area contributed by atoms with Crippen LogP contribution in [0.2, 0.25) is 0 Å². The first-order valence-electron chi connectivity index (χ1n) is 10.3. The number of hydrogen-bond donors (Lipinski definition) is 2. The highest BCUT2D eigenvalue weighted by Gasteiger charge is 2.23. The third kappa shape index (κ3) is 8.24. The molecule has 1 atom stereocenters. The average molecular weight is 532 g/mol. The van der Waals surface area contributed by atoms with Crippen LogP contribution in [0.1, 0.15) is 31.7 Å². The molecule has 0 radical (unpaired) electrons. The molecule has 1 saturated carbocycles. The van der Waals surface area contributed by atoms with Crippen molar-refractivity contribution in [3.8, 4) is 5.75 Å². The summed E-state index contributed by atoms with van der Waals surface area (Å²) in [6.07, 6.45) is 4.31. The third-order valence-corrected chi connectivity index (χ3v) is 6.41. The van der Waals surface area contributed by atoms with E-state index in [1.54, 1.807) is 0 Å². The van der Waals surface area contributed by atoms with Gasteiger partial charge in [-0.05, 0) is 43.4 Å². The Morgan fingerprint density at radius 1 is 1.31 bits per heavy atom. The van der Waals surface area contributed by atoms with Gasteiger partial charge in [-0.15, -0.1) is 24.0 Å². The fourth-order valence-electron chi connectivity index (χ4n) is 3.21. The molecular weight excluding hydrogens is 499 g/mol. The molecule has 1 saturated heterocycles. The van der Waals surface area contributed by atoms with Crippen LogP contribution in [-0.2, 0) is 11.2 Å². The van der Waals surface area contributed by atoms with Crippen LogP contribution in [0.25, 0.3) is 0 Å². The van der Waals surface area contributed by atoms with Crippen molar-refractivity contribution in [3.05, 3.63) is 29.8 Å². The molecule has 1 aromatic rings. The molecule has 6 nitrogen and oxygen atoms in total. The van der Waals surface area contributed by atoms with Gasteiger partial charge in [-0.25, -0.2) is 0 Å². The number of rotatable bonds is 8. The zero-order valence-electron chi connectivity index (χ0n) is 17.4. The van der Waals surface area contributed by atoms with Crippen LogP contribution in [0.15, 0.2) is 29.3 Å². The summed E-state index contributed by atoms with van der Waals surface area (Å²) in [5.74, 6) is 2.86. The maximum atomic E-state index is 11.7. The molecule has 1 aliphatic heterocycles. The summed E-state index contributed by atoms with van der Waals surface area (Å²) in [4.78, 5) is 18.5. The molecule has 1 unspecified atom stereocenters. The van der Waals surface area contributed by atoms with Crippen LogP contribution in [-0.4, -0.2) is 67.1 Å². The number of aliphatic imine (C=N–C) groups is 1. The first-order valence-corrected chi connectivity index (χ1v) is 11.3. The summed E-state index contributed by atoms with van der Waals surface area (Å²) < 4.78 is 5.56. The number of carbonyl (C=O) groups is 1. The minimum Gasteiger partial charge on any atom is -0.484 e. The molecule has 2 aliphatic rings. The Morgan fingerprint density at radius 3 is 2.72 bits per heavy atom. The first kappa shape index (κ1) is 24.1. The van der Waals surface area contributed by atoms with E-state index >= 15 is 0 Å². The lowest BCUT2D eigenvalue weighted by atomic mass is 10.1. The van der Waals surface area contributed by atoms with E-state index in [2.05, 4.69) is 51.3 Å². The molecule has 8 heteroatoms. The first-order chi connectivity index (χ1) is 13.7. The van der Waals surface area contributed by atoms with Gasteiger partial charge in [0.15, 0.2) is 12.6 Å². The van der Waals surface area contributed by atoms with Crippen molar-refractivity contribution in [1.82, 2.24) is 15.5 Å². The molecule has 0 aromatic heterocycles. The summed E-state index contributed by atoms with van der Waals surface area (Å²) in [6, 6.07) is 8.36. The van der Waals surface area contributed by atoms with Gasteiger partial charge < -0.3 is 20.3 Å². The number of nitrogens with one attached hydrogen (secondary N) is 2. The Bertz CT molecular complexity index is 667. The van der Waals surface area contributed by atoms with Gasteiger partial charge >= 0.3 is 0 Å². The number of amides is 1. The van der Waals surface area contributed by atoms with E-state index in [9.17, 15) is 4.79 Å². The quantitative estimate of drug-likeness (QED) is 0.306. The molecule has 1 aromatic carbocycles. The van der Waals surface area contributed by atoms with Crippen LogP contribution < -0.4 is 15.4 Å². The summed E-state index contributed by atoms with van der Waals surface area (Å²) in [5.41, 5.74) is 1.23. The second-order valence-electron chi connectivity index (χ2n) is 7.35. The lowest BCUT2D eigenvalue weighted by molar-refractivity contribution is -0.123. The molecule has 162 valence electrons. The number of benzene rings is 1. The predicted molar refractivity (Wildman–Crippen MR) is 132 cm³/mol. The Hall–Kier alpha value is -1.16. The number of halogens is 1. The smallest absolute Gasteiger partial charge is 0.258 e. The molecule has 29 heavy (non-hydrogen) atoms. The Kier molecular flexibility index (Phi) is 10.4. The number of ether oxygens (including phenoxy) is 1. The monoisotopic (exact) mass is 532 g/mol. The van der Waals surface area contributed by atoms with E-state index in [1.165, 1.54) is 17.7 Å². The van der Waals surface area contributed by atoms with E-state index < -0.39 is 0 Å². The van der Waals surface area contributed by atoms with E-state index in [-0.39, 0.29) is 36.5 Å². The number of carbonyl (C=O) groups excluding carboxylic acids is 1. The van der Waals surface area contributed by atoms with Crippen molar-refractivity contribution in [3.63, 3.8) is 0 Å². The van der Waals surface area contributed by atoms with Crippen LogP contribution >= 0.6 is 35.7 Å². The summed E-state index contributed by atoms with van der Waals surface area (Å²) in [6.45, 7) is 5.31. The van der Waals surface area contributed by atoms with E-state index in [1.807, 2.05) is 19.2 Å². The Morgan fingerprint density at radius 2 is 2.07 bits per heavy atom. The van der Waals surface area contributed by atoms with Gasteiger partial charge in [-0.1, -0.05) is 19.1 Å². The van der Waals surface area contributed by atoms with E-state index in [0.717, 1.165) is 50.6 Å². The minimum absolute atomic E-state index is 0. The lowest BCUT2D eigenvalue weighted by Gasteiger charge is -2.34. The van der Waals surface area contributed by atoms with Crippen molar-refractivity contribution in [2.45, 2.75) is 43.9 Å². The topological polar surface area (TPSA) is 66.0 Å². The second kappa shape index (κ2) is 12.5. The number of nitrogens with zero attached hydrogens (tertiary/aromatic N) is 2. The fraction of sp³-hybridized carbons (Fsp3) is 0.619. The highest BCUT2D eigenvalue weighted by Crippen LogP contribution is 2.21.